The lowest BCUT2D eigenvalue weighted by atomic mass is 10.3. The molecule has 1 aliphatic carbocycles. The van der Waals surface area contributed by atoms with Crippen LogP contribution in [-0.4, -0.2) is 12.5 Å². The third-order valence-electron chi connectivity index (χ3n) is 2.36. The van der Waals surface area contributed by atoms with E-state index in [4.69, 9.17) is 11.6 Å². The van der Waals surface area contributed by atoms with Crippen LogP contribution in [0.5, 0.6) is 5.75 Å². The summed E-state index contributed by atoms with van der Waals surface area (Å²) in [7, 11) is 0. The Hall–Kier alpha value is -1.36. The van der Waals surface area contributed by atoms with Crippen molar-refractivity contribution >= 4 is 23.2 Å². The first-order valence-corrected chi connectivity index (χ1v) is 5.49. The molecular weight excluding hydrogens is 252 g/mol. The van der Waals surface area contributed by atoms with Crippen molar-refractivity contribution in [3.63, 3.8) is 0 Å². The van der Waals surface area contributed by atoms with Gasteiger partial charge in [0.1, 0.15) is 5.75 Å². The van der Waals surface area contributed by atoms with Crippen LogP contribution in [0.3, 0.4) is 0 Å². The van der Waals surface area contributed by atoms with E-state index in [1.54, 1.807) is 0 Å². The highest BCUT2D eigenvalue weighted by Crippen LogP contribution is 2.32. The van der Waals surface area contributed by atoms with Gasteiger partial charge in [0, 0.05) is 11.6 Å². The SMILES string of the molecule is O=C(Nc1ccc(OC(F)F)c(Cl)c1)C1CC1. The molecule has 0 aliphatic heterocycles. The predicted molar refractivity (Wildman–Crippen MR) is 59.4 cm³/mol. The molecule has 0 unspecified atom stereocenters. The van der Waals surface area contributed by atoms with Gasteiger partial charge in [-0.2, -0.15) is 8.78 Å². The fraction of sp³-hybridized carbons (Fsp3) is 0.364. The highest BCUT2D eigenvalue weighted by atomic mass is 35.5. The molecule has 17 heavy (non-hydrogen) atoms. The Labute approximate surface area is 102 Å². The number of halogens is 3. The molecule has 1 amide bonds. The minimum absolute atomic E-state index is 0.0406. The normalized spacial score (nSPS) is 14.8. The summed E-state index contributed by atoms with van der Waals surface area (Å²) < 4.78 is 28.1. The second-order valence-electron chi connectivity index (χ2n) is 3.79. The maximum Gasteiger partial charge on any atom is 0.387 e. The molecule has 1 aliphatic rings. The van der Waals surface area contributed by atoms with E-state index >= 15 is 0 Å². The molecule has 1 N–H and O–H groups in total. The molecule has 0 radical (unpaired) electrons. The third-order valence-corrected chi connectivity index (χ3v) is 2.66. The molecule has 92 valence electrons. The van der Waals surface area contributed by atoms with Crippen LogP contribution >= 0.6 is 11.6 Å². The second kappa shape index (κ2) is 4.87. The van der Waals surface area contributed by atoms with Crippen molar-refractivity contribution in [2.24, 2.45) is 5.92 Å². The first-order chi connectivity index (χ1) is 8.06. The lowest BCUT2D eigenvalue weighted by molar-refractivity contribution is -0.117. The van der Waals surface area contributed by atoms with Crippen molar-refractivity contribution in [1.82, 2.24) is 0 Å². The highest BCUT2D eigenvalue weighted by molar-refractivity contribution is 6.32. The molecule has 0 spiro atoms. The second-order valence-corrected chi connectivity index (χ2v) is 4.19. The van der Waals surface area contributed by atoms with Crippen LogP contribution in [-0.2, 0) is 4.79 Å². The molecular formula is C11H10ClF2NO2. The Morgan fingerprint density at radius 2 is 2.18 bits per heavy atom. The number of carbonyl (C=O) groups is 1. The van der Waals surface area contributed by atoms with Crippen molar-refractivity contribution in [2.75, 3.05) is 5.32 Å². The van der Waals surface area contributed by atoms with E-state index in [2.05, 4.69) is 10.1 Å². The van der Waals surface area contributed by atoms with Gasteiger partial charge in [-0.3, -0.25) is 4.79 Å². The summed E-state index contributed by atoms with van der Waals surface area (Å²) in [6.45, 7) is -2.92. The molecule has 6 heteroatoms. The average molecular weight is 262 g/mol. The van der Waals surface area contributed by atoms with Crippen molar-refractivity contribution in [3.05, 3.63) is 23.2 Å². The van der Waals surface area contributed by atoms with Crippen molar-refractivity contribution in [3.8, 4) is 5.75 Å². The summed E-state index contributed by atoms with van der Waals surface area (Å²) in [4.78, 5) is 11.4. The van der Waals surface area contributed by atoms with Gasteiger partial charge in [-0.1, -0.05) is 11.6 Å². The highest BCUT2D eigenvalue weighted by Gasteiger charge is 2.29. The summed E-state index contributed by atoms with van der Waals surface area (Å²) >= 11 is 5.74. The maximum absolute atomic E-state index is 12.0. The number of anilines is 1. The number of hydrogen-bond acceptors (Lipinski definition) is 2. The van der Waals surface area contributed by atoms with E-state index in [1.165, 1.54) is 18.2 Å². The fourth-order valence-electron chi connectivity index (χ4n) is 1.36. The van der Waals surface area contributed by atoms with Gasteiger partial charge in [-0.25, -0.2) is 0 Å². The third kappa shape index (κ3) is 3.30. The Bertz CT molecular complexity index is 435. The number of nitrogens with one attached hydrogen (secondary N) is 1. The Kier molecular flexibility index (Phi) is 3.47. The first kappa shape index (κ1) is 12.1. The molecule has 1 aromatic carbocycles. The van der Waals surface area contributed by atoms with E-state index in [9.17, 15) is 13.6 Å². The van der Waals surface area contributed by atoms with Crippen LogP contribution in [0.15, 0.2) is 18.2 Å². The lowest BCUT2D eigenvalue weighted by Crippen LogP contribution is -2.13. The summed E-state index contributed by atoms with van der Waals surface area (Å²) in [5.41, 5.74) is 0.480. The van der Waals surface area contributed by atoms with Gasteiger partial charge in [0.2, 0.25) is 5.91 Å². The molecule has 0 aromatic heterocycles. The Morgan fingerprint density at radius 3 is 2.71 bits per heavy atom. The monoisotopic (exact) mass is 261 g/mol. The summed E-state index contributed by atoms with van der Waals surface area (Å²) in [5.74, 6) is -0.0968. The van der Waals surface area contributed by atoms with Crippen LogP contribution in [0.1, 0.15) is 12.8 Å². The minimum Gasteiger partial charge on any atom is -0.433 e. The van der Waals surface area contributed by atoms with Crippen LogP contribution < -0.4 is 10.1 Å². The zero-order chi connectivity index (χ0) is 12.4. The van der Waals surface area contributed by atoms with Gasteiger partial charge in [0.05, 0.1) is 5.02 Å². The molecule has 3 nitrogen and oxygen atoms in total. The molecule has 1 saturated carbocycles. The number of ether oxygens (including phenoxy) is 1. The molecule has 0 atom stereocenters. The summed E-state index contributed by atoms with van der Waals surface area (Å²) in [6, 6.07) is 4.17. The zero-order valence-electron chi connectivity index (χ0n) is 8.75. The van der Waals surface area contributed by atoms with E-state index in [0.29, 0.717) is 5.69 Å². The average Bonchev–Trinajstić information content (AvgIpc) is 3.05. The maximum atomic E-state index is 12.0. The van der Waals surface area contributed by atoms with Crippen molar-refractivity contribution in [1.29, 1.82) is 0 Å². The Morgan fingerprint density at radius 1 is 1.47 bits per heavy atom. The van der Waals surface area contributed by atoms with Crippen LogP contribution in [0.25, 0.3) is 0 Å². The largest absolute Gasteiger partial charge is 0.433 e. The lowest BCUT2D eigenvalue weighted by Gasteiger charge is -2.09. The zero-order valence-corrected chi connectivity index (χ0v) is 9.51. The number of benzene rings is 1. The van der Waals surface area contributed by atoms with Crippen molar-refractivity contribution in [2.45, 2.75) is 19.5 Å². The fourth-order valence-corrected chi connectivity index (χ4v) is 1.59. The number of rotatable bonds is 4. The van der Waals surface area contributed by atoms with E-state index in [0.717, 1.165) is 12.8 Å². The number of amides is 1. The molecule has 1 aromatic rings. The molecule has 1 fully saturated rings. The number of carbonyl (C=O) groups excluding carboxylic acids is 1. The molecule has 0 saturated heterocycles. The van der Waals surface area contributed by atoms with Gasteiger partial charge in [0.25, 0.3) is 0 Å². The smallest absolute Gasteiger partial charge is 0.387 e. The van der Waals surface area contributed by atoms with Gasteiger partial charge in [-0.05, 0) is 31.0 Å². The predicted octanol–water partition coefficient (Wildman–Crippen LogP) is 3.29. The Balaban J connectivity index is 2.04. The first-order valence-electron chi connectivity index (χ1n) is 5.11. The van der Waals surface area contributed by atoms with Crippen LogP contribution in [0.4, 0.5) is 14.5 Å². The molecule has 0 bridgehead atoms. The quantitative estimate of drug-likeness (QED) is 0.903. The van der Waals surface area contributed by atoms with E-state index < -0.39 is 6.61 Å². The van der Waals surface area contributed by atoms with E-state index in [-0.39, 0.29) is 22.6 Å². The number of alkyl halides is 2. The molecule has 2 rings (SSSR count). The number of hydrogen-bond donors (Lipinski definition) is 1. The summed E-state index contributed by atoms with van der Waals surface area (Å²) in [6.07, 6.45) is 1.79. The van der Waals surface area contributed by atoms with Gasteiger partial charge in [-0.15, -0.1) is 0 Å². The summed E-state index contributed by atoms with van der Waals surface area (Å²) in [5, 5.41) is 2.70. The van der Waals surface area contributed by atoms with Crippen LogP contribution in [0.2, 0.25) is 5.02 Å². The van der Waals surface area contributed by atoms with Gasteiger partial charge >= 0.3 is 6.61 Å². The van der Waals surface area contributed by atoms with Crippen molar-refractivity contribution < 1.29 is 18.3 Å². The van der Waals surface area contributed by atoms with Gasteiger partial charge < -0.3 is 10.1 Å². The van der Waals surface area contributed by atoms with Gasteiger partial charge in [0.15, 0.2) is 0 Å². The van der Waals surface area contributed by atoms with Crippen LogP contribution in [0, 0.1) is 5.92 Å². The topological polar surface area (TPSA) is 38.3 Å². The van der Waals surface area contributed by atoms with E-state index in [1.807, 2.05) is 0 Å². The molecule has 0 heterocycles. The standard InChI is InChI=1S/C11H10ClF2NO2/c12-8-5-7(15-10(16)6-1-2-6)3-4-9(8)17-11(13)14/h3-6,11H,1-2H2,(H,15,16). The minimum atomic E-state index is -2.92.